The van der Waals surface area contributed by atoms with Gasteiger partial charge in [-0.25, -0.2) is 0 Å². The summed E-state index contributed by atoms with van der Waals surface area (Å²) in [4.78, 5) is 12.5. The molecular formula is C10H20N2O3. The molecule has 0 saturated carbocycles. The molecule has 0 amide bonds. The first kappa shape index (κ1) is 12.4. The zero-order valence-corrected chi connectivity index (χ0v) is 9.73. The Morgan fingerprint density at radius 2 is 2.27 bits per heavy atom. The molecule has 15 heavy (non-hydrogen) atoms. The second-order valence-electron chi connectivity index (χ2n) is 4.90. The highest BCUT2D eigenvalue weighted by Gasteiger charge is 2.32. The quantitative estimate of drug-likeness (QED) is 0.511. The van der Waals surface area contributed by atoms with Crippen LogP contribution in [-0.2, 0) is 4.74 Å². The first-order chi connectivity index (χ1) is 6.92. The van der Waals surface area contributed by atoms with Crippen molar-refractivity contribution in [2.24, 2.45) is 0 Å². The third-order valence-corrected chi connectivity index (χ3v) is 2.69. The van der Waals surface area contributed by atoms with E-state index in [0.717, 1.165) is 26.0 Å². The van der Waals surface area contributed by atoms with Crippen molar-refractivity contribution in [2.45, 2.75) is 38.3 Å². The maximum atomic E-state index is 10.7. The van der Waals surface area contributed by atoms with E-state index in [-0.39, 0.29) is 11.0 Å². The summed E-state index contributed by atoms with van der Waals surface area (Å²) < 4.78 is 5.49. The zero-order valence-electron chi connectivity index (χ0n) is 9.73. The first-order valence-corrected chi connectivity index (χ1v) is 5.36. The van der Waals surface area contributed by atoms with Crippen molar-refractivity contribution in [2.75, 3.05) is 26.7 Å². The van der Waals surface area contributed by atoms with Crippen LogP contribution in [0.2, 0.25) is 0 Å². The summed E-state index contributed by atoms with van der Waals surface area (Å²) in [6.07, 6.45) is 2.44. The summed E-state index contributed by atoms with van der Waals surface area (Å²) in [6, 6.07) is 0. The Morgan fingerprint density at radius 3 is 2.73 bits per heavy atom. The van der Waals surface area contributed by atoms with Crippen LogP contribution in [0.1, 0.15) is 26.7 Å². The van der Waals surface area contributed by atoms with E-state index in [1.54, 1.807) is 13.8 Å². The molecule has 1 saturated heterocycles. The van der Waals surface area contributed by atoms with E-state index in [1.807, 2.05) is 11.9 Å². The Morgan fingerprint density at radius 1 is 1.60 bits per heavy atom. The Balaban J connectivity index is 2.34. The van der Waals surface area contributed by atoms with Gasteiger partial charge in [0.05, 0.1) is 12.6 Å². The van der Waals surface area contributed by atoms with Crippen LogP contribution >= 0.6 is 0 Å². The van der Waals surface area contributed by atoms with E-state index in [1.165, 1.54) is 0 Å². The van der Waals surface area contributed by atoms with Gasteiger partial charge in [0.2, 0.25) is 5.54 Å². The molecule has 0 aromatic heterocycles. The Kier molecular flexibility index (Phi) is 4.04. The standard InChI is InChI=1S/C10H20N2O3/c1-10(2,12(13)14)8-11(3)7-9-5-4-6-15-9/h9H,4-8H2,1-3H3. The molecule has 0 aromatic rings. The minimum atomic E-state index is -0.882. The predicted molar refractivity (Wildman–Crippen MR) is 57.5 cm³/mol. The molecule has 1 fully saturated rings. The van der Waals surface area contributed by atoms with E-state index < -0.39 is 5.54 Å². The second-order valence-corrected chi connectivity index (χ2v) is 4.90. The van der Waals surface area contributed by atoms with E-state index >= 15 is 0 Å². The molecular weight excluding hydrogens is 196 g/mol. The highest BCUT2D eigenvalue weighted by molar-refractivity contribution is 4.75. The zero-order chi connectivity index (χ0) is 11.5. The van der Waals surface area contributed by atoms with Gasteiger partial charge in [-0.2, -0.15) is 0 Å². The van der Waals surface area contributed by atoms with Gasteiger partial charge in [0, 0.05) is 31.9 Å². The minimum absolute atomic E-state index is 0.223. The number of nitro groups is 1. The van der Waals surface area contributed by atoms with Gasteiger partial charge in [-0.3, -0.25) is 15.0 Å². The number of hydrogen-bond acceptors (Lipinski definition) is 4. The predicted octanol–water partition coefficient (Wildman–Crippen LogP) is 1.15. The van der Waals surface area contributed by atoms with Crippen molar-refractivity contribution in [1.29, 1.82) is 0 Å². The van der Waals surface area contributed by atoms with Gasteiger partial charge in [-0.1, -0.05) is 0 Å². The van der Waals surface area contributed by atoms with Gasteiger partial charge >= 0.3 is 0 Å². The lowest BCUT2D eigenvalue weighted by molar-refractivity contribution is -0.560. The molecule has 1 rings (SSSR count). The Hall–Kier alpha value is -0.680. The molecule has 0 N–H and O–H groups in total. The molecule has 1 aliphatic rings. The summed E-state index contributed by atoms with van der Waals surface area (Å²) in [5.74, 6) is 0. The third-order valence-electron chi connectivity index (χ3n) is 2.69. The molecule has 0 aromatic carbocycles. The van der Waals surface area contributed by atoms with Crippen molar-refractivity contribution >= 4 is 0 Å². The number of nitrogens with zero attached hydrogens (tertiary/aromatic N) is 2. The smallest absolute Gasteiger partial charge is 0.229 e. The van der Waals surface area contributed by atoms with Crippen molar-refractivity contribution < 1.29 is 9.66 Å². The fourth-order valence-corrected chi connectivity index (χ4v) is 1.92. The van der Waals surface area contributed by atoms with Crippen LogP contribution in [0.15, 0.2) is 0 Å². The van der Waals surface area contributed by atoms with E-state index in [4.69, 9.17) is 4.74 Å². The summed E-state index contributed by atoms with van der Waals surface area (Å²) in [5, 5.41) is 10.7. The average molecular weight is 216 g/mol. The number of rotatable bonds is 5. The SMILES string of the molecule is CN(CC1CCCO1)CC(C)(C)[N+](=O)[O-]. The molecule has 0 aliphatic carbocycles. The van der Waals surface area contributed by atoms with Crippen LogP contribution in [0.4, 0.5) is 0 Å². The average Bonchev–Trinajstić information content (AvgIpc) is 2.54. The second kappa shape index (κ2) is 4.90. The fourth-order valence-electron chi connectivity index (χ4n) is 1.92. The topological polar surface area (TPSA) is 55.6 Å². The van der Waals surface area contributed by atoms with Crippen molar-refractivity contribution in [3.63, 3.8) is 0 Å². The van der Waals surface area contributed by atoms with Gasteiger partial charge < -0.3 is 4.74 Å². The van der Waals surface area contributed by atoms with Crippen molar-refractivity contribution in [3.05, 3.63) is 10.1 Å². The highest BCUT2D eigenvalue weighted by atomic mass is 16.6. The lowest BCUT2D eigenvalue weighted by Crippen LogP contribution is -2.44. The van der Waals surface area contributed by atoms with Crippen LogP contribution in [0.25, 0.3) is 0 Å². The van der Waals surface area contributed by atoms with E-state index in [0.29, 0.717) is 6.54 Å². The van der Waals surface area contributed by atoms with Gasteiger partial charge in [0.15, 0.2) is 0 Å². The number of hydrogen-bond donors (Lipinski definition) is 0. The maximum absolute atomic E-state index is 10.7. The molecule has 5 nitrogen and oxygen atoms in total. The van der Waals surface area contributed by atoms with Gasteiger partial charge in [0.1, 0.15) is 0 Å². The van der Waals surface area contributed by atoms with Crippen LogP contribution in [-0.4, -0.2) is 48.2 Å². The number of likely N-dealkylation sites (N-methyl/N-ethyl adjacent to an activating group) is 1. The monoisotopic (exact) mass is 216 g/mol. The van der Waals surface area contributed by atoms with Crippen LogP contribution < -0.4 is 0 Å². The highest BCUT2D eigenvalue weighted by Crippen LogP contribution is 2.15. The summed E-state index contributed by atoms with van der Waals surface area (Å²) in [7, 11) is 1.91. The van der Waals surface area contributed by atoms with Crippen molar-refractivity contribution in [1.82, 2.24) is 4.90 Å². The maximum Gasteiger partial charge on any atom is 0.229 e. The normalized spacial score (nSPS) is 22.3. The fraction of sp³-hybridized carbons (Fsp3) is 1.00. The largest absolute Gasteiger partial charge is 0.377 e. The summed E-state index contributed by atoms with van der Waals surface area (Å²) >= 11 is 0. The van der Waals surface area contributed by atoms with E-state index in [9.17, 15) is 10.1 Å². The molecule has 0 radical (unpaired) electrons. The molecule has 1 atom stereocenters. The van der Waals surface area contributed by atoms with Gasteiger partial charge in [0.25, 0.3) is 0 Å². The minimum Gasteiger partial charge on any atom is -0.377 e. The van der Waals surface area contributed by atoms with Gasteiger partial charge in [-0.05, 0) is 19.9 Å². The Bertz CT molecular complexity index is 225. The van der Waals surface area contributed by atoms with E-state index in [2.05, 4.69) is 0 Å². The summed E-state index contributed by atoms with van der Waals surface area (Å²) in [6.45, 7) is 5.38. The lowest BCUT2D eigenvalue weighted by atomic mass is 10.1. The first-order valence-electron chi connectivity index (χ1n) is 5.36. The van der Waals surface area contributed by atoms with Crippen LogP contribution in [0.5, 0.6) is 0 Å². The van der Waals surface area contributed by atoms with Crippen LogP contribution in [0.3, 0.4) is 0 Å². The Labute approximate surface area is 90.5 Å². The molecule has 0 bridgehead atoms. The molecule has 1 heterocycles. The molecule has 1 unspecified atom stereocenters. The molecule has 0 spiro atoms. The molecule has 5 heteroatoms. The third kappa shape index (κ3) is 3.76. The summed E-state index contributed by atoms with van der Waals surface area (Å²) in [5.41, 5.74) is -0.882. The van der Waals surface area contributed by atoms with Crippen LogP contribution in [0, 0.1) is 10.1 Å². The number of ether oxygens (including phenoxy) is 1. The molecule has 1 aliphatic heterocycles. The van der Waals surface area contributed by atoms with Crippen molar-refractivity contribution in [3.8, 4) is 0 Å². The lowest BCUT2D eigenvalue weighted by Gasteiger charge is -2.25. The molecule has 88 valence electrons. The van der Waals surface area contributed by atoms with Gasteiger partial charge in [-0.15, -0.1) is 0 Å².